The molecule has 1 amide bonds. The molecule has 0 atom stereocenters. The number of ketones is 1. The summed E-state index contributed by atoms with van der Waals surface area (Å²) < 4.78 is 0. The monoisotopic (exact) mass is 240 g/mol. The van der Waals surface area contributed by atoms with E-state index in [4.69, 9.17) is 17.3 Å². The van der Waals surface area contributed by atoms with Gasteiger partial charge in [0, 0.05) is 18.9 Å². The molecule has 1 rings (SSSR count). The van der Waals surface area contributed by atoms with Crippen LogP contribution >= 0.6 is 11.6 Å². The molecule has 86 valence electrons. The Morgan fingerprint density at radius 2 is 2.12 bits per heavy atom. The zero-order chi connectivity index (χ0) is 12.1. The molecular weight excluding hydrogens is 228 g/mol. The highest BCUT2D eigenvalue weighted by Gasteiger charge is 2.14. The highest BCUT2D eigenvalue weighted by Crippen LogP contribution is 2.26. The van der Waals surface area contributed by atoms with Crippen LogP contribution < -0.4 is 11.1 Å². The Labute approximate surface area is 98.8 Å². The minimum Gasteiger partial charge on any atom is -0.330 e. The smallest absolute Gasteiger partial charge is 0.221 e. The first kappa shape index (κ1) is 12.7. The van der Waals surface area contributed by atoms with Gasteiger partial charge < -0.3 is 11.1 Å². The average Bonchev–Trinajstić information content (AvgIpc) is 2.20. The average molecular weight is 241 g/mol. The molecule has 0 aliphatic heterocycles. The number of amides is 1. The highest BCUT2D eigenvalue weighted by atomic mass is 35.5. The van der Waals surface area contributed by atoms with Crippen molar-refractivity contribution in [3.05, 3.63) is 28.8 Å². The molecule has 0 aliphatic carbocycles. The number of hydrogen-bond acceptors (Lipinski definition) is 3. The fourth-order valence-corrected chi connectivity index (χ4v) is 1.55. The molecule has 0 bridgehead atoms. The minimum absolute atomic E-state index is 0.131. The summed E-state index contributed by atoms with van der Waals surface area (Å²) in [6.07, 6.45) is 0.229. The van der Waals surface area contributed by atoms with Crippen LogP contribution in [-0.4, -0.2) is 18.2 Å². The highest BCUT2D eigenvalue weighted by molar-refractivity contribution is 6.34. The molecule has 0 saturated carbocycles. The fourth-order valence-electron chi connectivity index (χ4n) is 1.33. The van der Waals surface area contributed by atoms with E-state index < -0.39 is 0 Å². The number of halogens is 1. The Morgan fingerprint density at radius 3 is 2.69 bits per heavy atom. The van der Waals surface area contributed by atoms with Crippen molar-refractivity contribution >= 4 is 29.0 Å². The molecule has 0 spiro atoms. The lowest BCUT2D eigenvalue weighted by atomic mass is 10.1. The number of Topliss-reactive ketones (excluding diaryl/α,β-unsaturated/α-hetero) is 1. The summed E-state index contributed by atoms with van der Waals surface area (Å²) in [5.41, 5.74) is 6.07. The number of nitrogens with one attached hydrogen (secondary N) is 1. The van der Waals surface area contributed by atoms with E-state index >= 15 is 0 Å². The predicted molar refractivity (Wildman–Crippen MR) is 63.8 cm³/mol. The summed E-state index contributed by atoms with van der Waals surface area (Å²) in [5, 5.41) is 2.89. The Morgan fingerprint density at radius 1 is 1.44 bits per heavy atom. The Hall–Kier alpha value is -1.39. The first-order chi connectivity index (χ1) is 7.56. The van der Waals surface area contributed by atoms with E-state index in [0.29, 0.717) is 16.3 Å². The van der Waals surface area contributed by atoms with Gasteiger partial charge in [0.2, 0.25) is 5.91 Å². The van der Waals surface area contributed by atoms with Gasteiger partial charge in [-0.2, -0.15) is 0 Å². The molecular formula is C11H13ClN2O2. The van der Waals surface area contributed by atoms with Gasteiger partial charge in [-0.1, -0.05) is 17.7 Å². The SMILES string of the molecule is CC(=O)Nc1c(Cl)cccc1C(=O)CCN. The van der Waals surface area contributed by atoms with Gasteiger partial charge in [0.25, 0.3) is 0 Å². The number of carbonyl (C=O) groups is 2. The second-order valence-electron chi connectivity index (χ2n) is 3.31. The fraction of sp³-hybridized carbons (Fsp3) is 0.273. The first-order valence-electron chi connectivity index (χ1n) is 4.85. The van der Waals surface area contributed by atoms with Gasteiger partial charge >= 0.3 is 0 Å². The van der Waals surface area contributed by atoms with Gasteiger partial charge in [-0.3, -0.25) is 9.59 Å². The maximum atomic E-state index is 11.7. The molecule has 0 saturated heterocycles. The van der Waals surface area contributed by atoms with Crippen LogP contribution in [0, 0.1) is 0 Å². The summed E-state index contributed by atoms with van der Waals surface area (Å²) in [6, 6.07) is 4.90. The van der Waals surface area contributed by atoms with Crippen LogP contribution in [0.25, 0.3) is 0 Å². The van der Waals surface area contributed by atoms with E-state index in [1.54, 1.807) is 18.2 Å². The first-order valence-corrected chi connectivity index (χ1v) is 5.23. The predicted octanol–water partition coefficient (Wildman–Crippen LogP) is 1.83. The van der Waals surface area contributed by atoms with Crippen molar-refractivity contribution in [2.75, 3.05) is 11.9 Å². The maximum absolute atomic E-state index is 11.7. The third-order valence-electron chi connectivity index (χ3n) is 1.99. The molecule has 0 fully saturated rings. The van der Waals surface area contributed by atoms with Crippen LogP contribution in [0.1, 0.15) is 23.7 Å². The minimum atomic E-state index is -0.269. The Balaban J connectivity index is 3.11. The second-order valence-corrected chi connectivity index (χ2v) is 3.71. The van der Waals surface area contributed by atoms with E-state index in [-0.39, 0.29) is 24.7 Å². The molecule has 0 radical (unpaired) electrons. The largest absolute Gasteiger partial charge is 0.330 e. The molecule has 3 N–H and O–H groups in total. The Kier molecular flexibility index (Phi) is 4.46. The summed E-state index contributed by atoms with van der Waals surface area (Å²) in [5.74, 6) is -0.399. The molecule has 4 nitrogen and oxygen atoms in total. The number of rotatable bonds is 4. The number of carbonyl (C=O) groups excluding carboxylic acids is 2. The van der Waals surface area contributed by atoms with Crippen LogP contribution in [-0.2, 0) is 4.79 Å². The van der Waals surface area contributed by atoms with Crippen molar-refractivity contribution < 1.29 is 9.59 Å². The third kappa shape index (κ3) is 3.05. The van der Waals surface area contributed by atoms with Gasteiger partial charge in [0.1, 0.15) is 0 Å². The van der Waals surface area contributed by atoms with Crippen LogP contribution in [0.5, 0.6) is 0 Å². The molecule has 0 aromatic heterocycles. The van der Waals surface area contributed by atoms with E-state index in [0.717, 1.165) is 0 Å². The lowest BCUT2D eigenvalue weighted by Crippen LogP contribution is -2.14. The quantitative estimate of drug-likeness (QED) is 0.789. The molecule has 5 heteroatoms. The summed E-state index contributed by atoms with van der Waals surface area (Å²) in [6.45, 7) is 1.63. The number of benzene rings is 1. The van der Waals surface area contributed by atoms with Gasteiger partial charge in [-0.15, -0.1) is 0 Å². The molecule has 1 aromatic carbocycles. The van der Waals surface area contributed by atoms with Crippen molar-refractivity contribution in [2.45, 2.75) is 13.3 Å². The number of para-hydroxylation sites is 1. The normalized spacial score (nSPS) is 9.94. The van der Waals surface area contributed by atoms with Gasteiger partial charge in [-0.25, -0.2) is 0 Å². The van der Waals surface area contributed by atoms with Crippen molar-refractivity contribution in [3.8, 4) is 0 Å². The summed E-state index contributed by atoms with van der Waals surface area (Å²) >= 11 is 5.92. The van der Waals surface area contributed by atoms with Crippen molar-refractivity contribution in [1.82, 2.24) is 0 Å². The zero-order valence-electron chi connectivity index (χ0n) is 8.92. The summed E-state index contributed by atoms with van der Waals surface area (Å²) in [4.78, 5) is 22.7. The Bertz CT molecular complexity index is 418. The van der Waals surface area contributed by atoms with E-state index in [9.17, 15) is 9.59 Å². The van der Waals surface area contributed by atoms with Crippen LogP contribution in [0.4, 0.5) is 5.69 Å². The second kappa shape index (κ2) is 5.63. The van der Waals surface area contributed by atoms with Crippen LogP contribution in [0.2, 0.25) is 5.02 Å². The summed E-state index contributed by atoms with van der Waals surface area (Å²) in [7, 11) is 0. The van der Waals surface area contributed by atoms with Crippen molar-refractivity contribution in [3.63, 3.8) is 0 Å². The number of nitrogens with two attached hydrogens (primary N) is 1. The topological polar surface area (TPSA) is 72.2 Å². The standard InChI is InChI=1S/C11H13ClN2O2/c1-7(15)14-11-8(10(16)5-6-13)3-2-4-9(11)12/h2-4H,5-6,13H2,1H3,(H,14,15). The van der Waals surface area contributed by atoms with E-state index in [1.165, 1.54) is 6.92 Å². The lowest BCUT2D eigenvalue weighted by molar-refractivity contribution is -0.114. The number of hydrogen-bond donors (Lipinski definition) is 2. The molecule has 0 heterocycles. The van der Waals surface area contributed by atoms with Gasteiger partial charge in [-0.05, 0) is 18.7 Å². The molecule has 0 aliphatic rings. The van der Waals surface area contributed by atoms with Crippen LogP contribution in [0.15, 0.2) is 18.2 Å². The maximum Gasteiger partial charge on any atom is 0.221 e. The van der Waals surface area contributed by atoms with Crippen molar-refractivity contribution in [1.29, 1.82) is 0 Å². The van der Waals surface area contributed by atoms with Crippen molar-refractivity contribution in [2.24, 2.45) is 5.73 Å². The third-order valence-corrected chi connectivity index (χ3v) is 2.30. The van der Waals surface area contributed by atoms with Crippen LogP contribution in [0.3, 0.4) is 0 Å². The zero-order valence-corrected chi connectivity index (χ0v) is 9.67. The van der Waals surface area contributed by atoms with Gasteiger partial charge in [0.05, 0.1) is 10.7 Å². The molecule has 16 heavy (non-hydrogen) atoms. The molecule has 0 unspecified atom stereocenters. The van der Waals surface area contributed by atoms with Gasteiger partial charge in [0.15, 0.2) is 5.78 Å². The molecule has 1 aromatic rings. The lowest BCUT2D eigenvalue weighted by Gasteiger charge is -2.10. The van der Waals surface area contributed by atoms with E-state index in [1.807, 2.05) is 0 Å². The number of anilines is 1. The van der Waals surface area contributed by atoms with E-state index in [2.05, 4.69) is 5.32 Å².